The van der Waals surface area contributed by atoms with Crippen molar-refractivity contribution in [3.05, 3.63) is 66.6 Å². The van der Waals surface area contributed by atoms with Gasteiger partial charge in [0.1, 0.15) is 5.82 Å². The number of aliphatic carboxylic acids is 1. The number of ether oxygens (including phenoxy) is 1. The Balaban J connectivity index is 2.03. The Bertz CT molecular complexity index is 1240. The third-order valence-electron chi connectivity index (χ3n) is 4.61. The normalized spacial score (nSPS) is 12.4. The molecule has 1 heterocycles. The number of nitrogens with zero attached hydrogens (tertiary/aromatic N) is 3. The first-order valence-corrected chi connectivity index (χ1v) is 11.4. The van der Waals surface area contributed by atoms with E-state index in [4.69, 9.17) is 33.0 Å². The van der Waals surface area contributed by atoms with Gasteiger partial charge in [0.25, 0.3) is 5.56 Å². The molecule has 10 heteroatoms. The number of rotatable bonds is 8. The van der Waals surface area contributed by atoms with Crippen LogP contribution in [0.5, 0.6) is 5.75 Å². The number of carboxylic acids is 1. The lowest BCUT2D eigenvalue weighted by Crippen LogP contribution is -2.23. The number of carbonyl (C=O) groups is 1. The molecule has 0 saturated heterocycles. The van der Waals surface area contributed by atoms with Crippen molar-refractivity contribution in [1.29, 1.82) is 0 Å². The summed E-state index contributed by atoms with van der Waals surface area (Å²) in [6.45, 7) is 3.43. The van der Waals surface area contributed by atoms with Crippen LogP contribution in [0.4, 0.5) is 0 Å². The first-order valence-electron chi connectivity index (χ1n) is 9.85. The molecule has 0 saturated carbocycles. The molecule has 0 radical (unpaired) electrons. The summed E-state index contributed by atoms with van der Waals surface area (Å²) in [5.74, 6) is -0.522. The molecule has 1 N–H and O–H groups in total. The van der Waals surface area contributed by atoms with E-state index in [2.05, 4.69) is 32.9 Å². The van der Waals surface area contributed by atoms with Crippen LogP contribution < -0.4 is 10.3 Å². The van der Waals surface area contributed by atoms with Gasteiger partial charge < -0.3 is 9.84 Å². The van der Waals surface area contributed by atoms with E-state index in [1.807, 2.05) is 6.07 Å². The summed E-state index contributed by atoms with van der Waals surface area (Å²) < 4.78 is 7.37. The topological polar surface area (TPSA) is 93.8 Å². The molecule has 1 atom stereocenters. The smallest absolute Gasteiger partial charge is 0.344 e. The summed E-state index contributed by atoms with van der Waals surface area (Å²) in [7, 11) is 0. The maximum atomic E-state index is 13.1. The number of aromatic nitrogens is 2. The van der Waals surface area contributed by atoms with E-state index in [-0.39, 0.29) is 21.4 Å². The fourth-order valence-corrected chi connectivity index (χ4v) is 3.88. The second kappa shape index (κ2) is 10.5. The average molecular weight is 541 g/mol. The molecule has 0 bridgehead atoms. The molecule has 0 fully saturated rings. The molecular formula is C22H20BrCl2N3O4. The maximum Gasteiger partial charge on any atom is 0.344 e. The summed E-state index contributed by atoms with van der Waals surface area (Å²) in [5, 5.41) is 14.1. The van der Waals surface area contributed by atoms with Crippen molar-refractivity contribution in [3.8, 4) is 5.75 Å². The van der Waals surface area contributed by atoms with E-state index in [0.29, 0.717) is 28.7 Å². The van der Waals surface area contributed by atoms with Crippen LogP contribution in [0.15, 0.2) is 44.7 Å². The summed E-state index contributed by atoms with van der Waals surface area (Å²) in [4.78, 5) is 28.8. The predicted molar refractivity (Wildman–Crippen MR) is 129 cm³/mol. The second-order valence-electron chi connectivity index (χ2n) is 7.07. The number of fused-ring (bicyclic) bond motifs is 1. The van der Waals surface area contributed by atoms with Crippen LogP contribution in [0.25, 0.3) is 10.9 Å². The highest BCUT2D eigenvalue weighted by Crippen LogP contribution is 2.34. The van der Waals surface area contributed by atoms with E-state index >= 15 is 0 Å². The molecule has 0 spiro atoms. The van der Waals surface area contributed by atoms with Gasteiger partial charge >= 0.3 is 5.97 Å². The van der Waals surface area contributed by atoms with E-state index in [9.17, 15) is 9.59 Å². The van der Waals surface area contributed by atoms with Crippen LogP contribution in [-0.2, 0) is 11.2 Å². The molecule has 0 unspecified atom stereocenters. The Morgan fingerprint density at radius 2 is 2.00 bits per heavy atom. The van der Waals surface area contributed by atoms with E-state index in [1.54, 1.807) is 12.1 Å². The van der Waals surface area contributed by atoms with Gasteiger partial charge in [-0.2, -0.15) is 9.78 Å². The highest BCUT2D eigenvalue weighted by atomic mass is 79.9. The third-order valence-corrected chi connectivity index (χ3v) is 5.67. The van der Waals surface area contributed by atoms with Gasteiger partial charge in [-0.25, -0.2) is 9.78 Å². The summed E-state index contributed by atoms with van der Waals surface area (Å²) >= 11 is 15.9. The van der Waals surface area contributed by atoms with E-state index in [0.717, 1.165) is 17.3 Å². The van der Waals surface area contributed by atoms with Gasteiger partial charge in [0.2, 0.25) is 0 Å². The number of unbranched alkanes of at least 4 members (excludes halogenated alkanes) is 1. The van der Waals surface area contributed by atoms with Crippen LogP contribution in [0.2, 0.25) is 10.0 Å². The molecule has 32 heavy (non-hydrogen) atoms. The highest BCUT2D eigenvalue weighted by molar-refractivity contribution is 9.10. The van der Waals surface area contributed by atoms with Crippen molar-refractivity contribution in [2.24, 2.45) is 5.10 Å². The van der Waals surface area contributed by atoms with Crippen LogP contribution >= 0.6 is 39.1 Å². The molecule has 3 aromatic rings. The van der Waals surface area contributed by atoms with Gasteiger partial charge in [-0.3, -0.25) is 4.79 Å². The minimum atomic E-state index is -1.14. The SMILES string of the molecule is CCCCc1nc2ccc(Br)cc2c(=O)n1N=Cc1cc(Cl)c(O[C@H](C)C(=O)O)c(Cl)c1. The molecular weight excluding hydrogens is 521 g/mol. The number of benzene rings is 2. The van der Waals surface area contributed by atoms with Crippen LogP contribution in [0, 0.1) is 0 Å². The van der Waals surface area contributed by atoms with Crippen molar-refractivity contribution in [1.82, 2.24) is 9.66 Å². The zero-order chi connectivity index (χ0) is 23.4. The summed E-state index contributed by atoms with van der Waals surface area (Å²) in [5.41, 5.74) is 0.833. The van der Waals surface area contributed by atoms with Crippen LogP contribution in [-0.4, -0.2) is 33.1 Å². The molecule has 168 valence electrons. The fourth-order valence-electron chi connectivity index (χ4n) is 2.93. The standard InChI is InChI=1S/C22H20BrCl2N3O4/c1-3-4-5-19-27-18-7-6-14(23)10-15(18)21(29)28(19)26-11-13-8-16(24)20(17(25)9-13)32-12(2)22(30)31/h6-12H,3-5H2,1-2H3,(H,30,31)/t12-/m1/s1. The second-order valence-corrected chi connectivity index (χ2v) is 8.80. The molecule has 0 aliphatic carbocycles. The lowest BCUT2D eigenvalue weighted by Gasteiger charge is -2.14. The van der Waals surface area contributed by atoms with Crippen molar-refractivity contribution in [2.75, 3.05) is 0 Å². The lowest BCUT2D eigenvalue weighted by atomic mass is 10.2. The molecule has 0 aliphatic rings. The lowest BCUT2D eigenvalue weighted by molar-refractivity contribution is -0.144. The molecule has 1 aromatic heterocycles. The van der Waals surface area contributed by atoms with E-state index < -0.39 is 12.1 Å². The van der Waals surface area contributed by atoms with E-state index in [1.165, 1.54) is 29.9 Å². The van der Waals surface area contributed by atoms with Gasteiger partial charge in [-0.15, -0.1) is 0 Å². The zero-order valence-corrected chi connectivity index (χ0v) is 20.4. The van der Waals surface area contributed by atoms with Crippen LogP contribution in [0.3, 0.4) is 0 Å². The minimum absolute atomic E-state index is 0.0680. The maximum absolute atomic E-state index is 13.1. The molecule has 7 nitrogen and oxygen atoms in total. The molecule has 3 rings (SSSR count). The van der Waals surface area contributed by atoms with Gasteiger partial charge in [-0.05, 0) is 49.2 Å². The Hall–Kier alpha value is -2.42. The van der Waals surface area contributed by atoms with Crippen molar-refractivity contribution in [2.45, 2.75) is 39.2 Å². The number of carboxylic acid groups (broad SMARTS) is 1. The first kappa shape index (κ1) is 24.2. The summed E-state index contributed by atoms with van der Waals surface area (Å²) in [6, 6.07) is 8.40. The monoisotopic (exact) mass is 539 g/mol. The Kier molecular flexibility index (Phi) is 7.92. The third kappa shape index (κ3) is 5.49. The number of halogens is 3. The van der Waals surface area contributed by atoms with Crippen LogP contribution in [0.1, 0.15) is 38.1 Å². The molecule has 0 aliphatic heterocycles. The minimum Gasteiger partial charge on any atom is -0.479 e. The predicted octanol–water partition coefficient (Wildman–Crippen LogP) is 5.54. The first-order chi connectivity index (χ1) is 15.2. The number of aryl methyl sites for hydroxylation is 1. The van der Waals surface area contributed by atoms with Crippen molar-refractivity contribution in [3.63, 3.8) is 0 Å². The Morgan fingerprint density at radius 3 is 2.62 bits per heavy atom. The fraction of sp³-hybridized carbons (Fsp3) is 0.273. The quantitative estimate of drug-likeness (QED) is 0.378. The van der Waals surface area contributed by atoms with Crippen molar-refractivity contribution >= 4 is 62.2 Å². The Morgan fingerprint density at radius 1 is 1.31 bits per heavy atom. The molecule has 2 aromatic carbocycles. The van der Waals surface area contributed by atoms with Gasteiger partial charge in [0.05, 0.1) is 27.2 Å². The Labute approximate surface area is 202 Å². The van der Waals surface area contributed by atoms with Gasteiger partial charge in [0, 0.05) is 10.9 Å². The molecule has 0 amide bonds. The van der Waals surface area contributed by atoms with Gasteiger partial charge in [0.15, 0.2) is 11.9 Å². The average Bonchev–Trinajstić information content (AvgIpc) is 2.74. The zero-order valence-electron chi connectivity index (χ0n) is 17.3. The number of hydrogen-bond donors (Lipinski definition) is 1. The van der Waals surface area contributed by atoms with Gasteiger partial charge in [-0.1, -0.05) is 52.5 Å². The largest absolute Gasteiger partial charge is 0.479 e. The summed E-state index contributed by atoms with van der Waals surface area (Å²) in [6.07, 6.45) is 2.72. The highest BCUT2D eigenvalue weighted by Gasteiger charge is 2.18. The van der Waals surface area contributed by atoms with Crippen molar-refractivity contribution < 1.29 is 14.6 Å². The number of hydrogen-bond acceptors (Lipinski definition) is 5.